The maximum Gasteiger partial charge on any atom is 0.472 e. The van der Waals surface area contributed by atoms with E-state index in [9.17, 15) is 19.4 Å². The van der Waals surface area contributed by atoms with Crippen molar-refractivity contribution in [2.24, 2.45) is 0 Å². The van der Waals surface area contributed by atoms with E-state index in [-0.39, 0.29) is 19.1 Å². The van der Waals surface area contributed by atoms with Gasteiger partial charge in [0.15, 0.2) is 0 Å². The molecule has 0 aromatic rings. The van der Waals surface area contributed by atoms with E-state index in [2.05, 4.69) is 55.6 Å². The maximum absolute atomic E-state index is 13.0. The van der Waals surface area contributed by atoms with E-state index >= 15 is 0 Å². The van der Waals surface area contributed by atoms with Gasteiger partial charge in [0.2, 0.25) is 5.91 Å². The summed E-state index contributed by atoms with van der Waals surface area (Å²) in [5.41, 5.74) is 0. The van der Waals surface area contributed by atoms with E-state index in [0.29, 0.717) is 17.4 Å². The van der Waals surface area contributed by atoms with Crippen molar-refractivity contribution in [1.29, 1.82) is 0 Å². The molecule has 3 atom stereocenters. The van der Waals surface area contributed by atoms with Crippen LogP contribution in [0.4, 0.5) is 0 Å². The van der Waals surface area contributed by atoms with E-state index in [1.54, 1.807) is 6.08 Å². The minimum Gasteiger partial charge on any atom is -0.387 e. The first-order chi connectivity index (χ1) is 38.0. The number of hydrogen-bond donors (Lipinski definition) is 3. The Balaban J connectivity index is 4.10. The highest BCUT2D eigenvalue weighted by atomic mass is 31.2. The van der Waals surface area contributed by atoms with Crippen LogP contribution in [0.5, 0.6) is 0 Å². The molecule has 3 N–H and O–H groups in total. The number of nitrogens with zero attached hydrogens (tertiary/aromatic N) is 1. The molecule has 0 aliphatic rings. The number of quaternary nitrogens is 1. The number of phosphoric acid groups is 1. The van der Waals surface area contributed by atoms with Crippen molar-refractivity contribution in [3.8, 4) is 0 Å². The van der Waals surface area contributed by atoms with Crippen molar-refractivity contribution < 1.29 is 32.9 Å². The number of likely N-dealkylation sites (N-methyl/N-ethyl adjacent to an activating group) is 1. The average molecular weight is 1120 g/mol. The van der Waals surface area contributed by atoms with Crippen LogP contribution in [0.15, 0.2) is 48.6 Å². The van der Waals surface area contributed by atoms with Gasteiger partial charge < -0.3 is 19.8 Å². The molecule has 0 heterocycles. The second-order valence-corrected chi connectivity index (χ2v) is 26.0. The largest absolute Gasteiger partial charge is 0.472 e. The van der Waals surface area contributed by atoms with Crippen molar-refractivity contribution in [2.75, 3.05) is 40.9 Å². The number of unbranched alkanes of at least 4 members (excludes halogenated alkanes) is 44. The van der Waals surface area contributed by atoms with Crippen molar-refractivity contribution >= 4 is 13.7 Å². The molecule has 0 rings (SSSR count). The van der Waals surface area contributed by atoms with Crippen LogP contribution in [0, 0.1) is 0 Å². The Morgan fingerprint density at radius 1 is 0.436 bits per heavy atom. The molecule has 0 aromatic heterocycles. The summed E-state index contributed by atoms with van der Waals surface area (Å²) in [6.45, 7) is 4.85. The van der Waals surface area contributed by atoms with E-state index in [4.69, 9.17) is 9.05 Å². The second-order valence-electron chi connectivity index (χ2n) is 24.6. The molecule has 0 aromatic carbocycles. The SMILES string of the molecule is CCCCCCC/C=C\C/C=C\C/C=C\CCCCCCCCCCCCCCC(=O)NC(COP(=O)(O)OCC[N+](C)(C)C)C(O)/C=C/CCCCCCCCCCCCCCCCCCCCCCCCCCCCC. The van der Waals surface area contributed by atoms with Crippen LogP contribution in [0.25, 0.3) is 0 Å². The van der Waals surface area contributed by atoms with Crippen LogP contribution in [-0.2, 0) is 18.4 Å². The Labute approximate surface area is 486 Å². The van der Waals surface area contributed by atoms with Gasteiger partial charge in [0.05, 0.1) is 39.9 Å². The molecular weight excluding hydrogens is 984 g/mol. The quantitative estimate of drug-likeness (QED) is 0.0243. The number of hydrogen-bond acceptors (Lipinski definition) is 5. The summed E-state index contributed by atoms with van der Waals surface area (Å²) in [5.74, 6) is -0.175. The third-order valence-corrected chi connectivity index (χ3v) is 16.5. The molecule has 0 saturated heterocycles. The Bertz CT molecular complexity index is 1410. The van der Waals surface area contributed by atoms with E-state index in [1.807, 2.05) is 27.2 Å². The zero-order valence-corrected chi connectivity index (χ0v) is 53.6. The predicted molar refractivity (Wildman–Crippen MR) is 341 cm³/mol. The van der Waals surface area contributed by atoms with Gasteiger partial charge in [-0.05, 0) is 57.8 Å². The number of carbonyl (C=O) groups is 1. The number of aliphatic hydroxyl groups is 1. The first-order valence-corrected chi connectivity index (χ1v) is 35.5. The number of aliphatic hydroxyl groups excluding tert-OH is 1. The number of nitrogens with one attached hydrogen (secondary N) is 1. The summed E-state index contributed by atoms with van der Waals surface area (Å²) in [6, 6.07) is -0.850. The van der Waals surface area contributed by atoms with Gasteiger partial charge in [-0.2, -0.15) is 0 Å². The highest BCUT2D eigenvalue weighted by molar-refractivity contribution is 7.47. The van der Waals surface area contributed by atoms with Crippen LogP contribution in [0.3, 0.4) is 0 Å². The van der Waals surface area contributed by atoms with Gasteiger partial charge in [0.25, 0.3) is 0 Å². The van der Waals surface area contributed by atoms with Crippen LogP contribution in [0.1, 0.15) is 335 Å². The smallest absolute Gasteiger partial charge is 0.387 e. The van der Waals surface area contributed by atoms with E-state index in [1.165, 1.54) is 263 Å². The van der Waals surface area contributed by atoms with Crippen molar-refractivity contribution in [3.05, 3.63) is 48.6 Å². The molecule has 9 heteroatoms. The maximum atomic E-state index is 13.0. The van der Waals surface area contributed by atoms with Crippen LogP contribution >= 0.6 is 7.82 Å². The average Bonchev–Trinajstić information content (AvgIpc) is 3.41. The minimum atomic E-state index is -4.35. The number of rotatable bonds is 63. The number of allylic oxidation sites excluding steroid dienone is 7. The lowest BCUT2D eigenvalue weighted by Crippen LogP contribution is -2.45. The number of carbonyl (C=O) groups excluding carboxylic acids is 1. The molecule has 460 valence electrons. The van der Waals surface area contributed by atoms with Crippen molar-refractivity contribution in [2.45, 2.75) is 347 Å². The number of amides is 1. The third kappa shape index (κ3) is 62.1. The summed E-state index contributed by atoms with van der Waals surface area (Å²) < 4.78 is 23.8. The Kier molecular flexibility index (Phi) is 58.9. The standard InChI is InChI=1S/C69H133N2O6P/c1-6-8-10-12-14-16-18-20-22-24-26-28-30-32-34-35-37-38-40-42-44-46-48-50-52-54-56-58-60-62-68(72)67(66-77-78(74,75)76-65-64-71(3,4)5)70-69(73)63-61-59-57-55-53-51-49-47-45-43-41-39-36-33-31-29-27-25-23-21-19-17-15-13-11-9-7-2/h19,21,25,27,31,33,60,62,67-68,72H,6-18,20,22-24,26,28-30,32,34-59,61,63-66H2,1-5H3,(H-,70,73,74,75)/p+1/b21-19-,27-25-,33-31-,62-60+. The van der Waals surface area contributed by atoms with Gasteiger partial charge in [-0.15, -0.1) is 0 Å². The Morgan fingerprint density at radius 3 is 1.06 bits per heavy atom. The summed E-state index contributed by atoms with van der Waals surface area (Å²) in [5, 5.41) is 14.0. The molecule has 0 aliphatic carbocycles. The fraction of sp³-hybridized carbons (Fsp3) is 0.870. The lowest BCUT2D eigenvalue weighted by atomic mass is 10.0. The van der Waals surface area contributed by atoms with Crippen molar-refractivity contribution in [1.82, 2.24) is 5.32 Å². The first-order valence-electron chi connectivity index (χ1n) is 34.0. The fourth-order valence-electron chi connectivity index (χ4n) is 10.2. The molecule has 0 radical (unpaired) electrons. The Morgan fingerprint density at radius 2 is 0.731 bits per heavy atom. The monoisotopic (exact) mass is 1120 g/mol. The fourth-order valence-corrected chi connectivity index (χ4v) is 11.0. The second kappa shape index (κ2) is 60.1. The molecule has 8 nitrogen and oxygen atoms in total. The minimum absolute atomic E-state index is 0.0611. The van der Waals surface area contributed by atoms with E-state index in [0.717, 1.165) is 51.4 Å². The highest BCUT2D eigenvalue weighted by Gasteiger charge is 2.28. The summed E-state index contributed by atoms with van der Waals surface area (Å²) in [6.07, 6.45) is 81.0. The Hall–Kier alpha value is -1.54. The van der Waals surface area contributed by atoms with Gasteiger partial charge in [0.1, 0.15) is 13.2 Å². The summed E-state index contributed by atoms with van der Waals surface area (Å²) >= 11 is 0. The highest BCUT2D eigenvalue weighted by Crippen LogP contribution is 2.43. The topological polar surface area (TPSA) is 105 Å². The molecule has 0 aliphatic heterocycles. The van der Waals surface area contributed by atoms with Gasteiger partial charge >= 0.3 is 7.82 Å². The molecule has 0 bridgehead atoms. The summed E-state index contributed by atoms with van der Waals surface area (Å²) in [7, 11) is 1.58. The van der Waals surface area contributed by atoms with Gasteiger partial charge in [-0.3, -0.25) is 13.8 Å². The van der Waals surface area contributed by atoms with Gasteiger partial charge in [0, 0.05) is 6.42 Å². The molecule has 78 heavy (non-hydrogen) atoms. The molecule has 0 spiro atoms. The van der Waals surface area contributed by atoms with Crippen LogP contribution < -0.4 is 5.32 Å². The first kappa shape index (κ1) is 76.5. The molecule has 0 saturated carbocycles. The molecule has 3 unspecified atom stereocenters. The van der Waals surface area contributed by atoms with Gasteiger partial charge in [-0.25, -0.2) is 4.57 Å². The molecular formula is C69H134N2O6P+. The molecule has 0 fully saturated rings. The zero-order valence-electron chi connectivity index (χ0n) is 52.7. The van der Waals surface area contributed by atoms with Crippen LogP contribution in [0.2, 0.25) is 0 Å². The predicted octanol–water partition coefficient (Wildman–Crippen LogP) is 21.4. The third-order valence-electron chi connectivity index (χ3n) is 15.5. The zero-order chi connectivity index (χ0) is 57.0. The number of phosphoric ester groups is 1. The van der Waals surface area contributed by atoms with Crippen LogP contribution in [-0.4, -0.2) is 73.4 Å². The van der Waals surface area contributed by atoms with E-state index < -0.39 is 20.0 Å². The summed E-state index contributed by atoms with van der Waals surface area (Å²) in [4.78, 5) is 23.4. The van der Waals surface area contributed by atoms with Crippen molar-refractivity contribution in [3.63, 3.8) is 0 Å². The normalized spacial score (nSPS) is 14.0. The lowest BCUT2D eigenvalue weighted by Gasteiger charge is -2.25. The molecule has 1 amide bonds. The lowest BCUT2D eigenvalue weighted by molar-refractivity contribution is -0.870. The van der Waals surface area contributed by atoms with Gasteiger partial charge in [-0.1, -0.05) is 319 Å².